The Morgan fingerprint density at radius 3 is 3.00 bits per heavy atom. The Hall–Kier alpha value is -1.23. The third-order valence-corrected chi connectivity index (χ3v) is 2.90. The van der Waals surface area contributed by atoms with Gasteiger partial charge in [0.15, 0.2) is 0 Å². The van der Waals surface area contributed by atoms with Crippen molar-refractivity contribution in [1.82, 2.24) is 5.32 Å². The molecule has 2 nitrogen and oxygen atoms in total. The number of allylic oxidation sites excluding steroid dienone is 1. The van der Waals surface area contributed by atoms with Crippen LogP contribution in [0.4, 0.5) is 0 Å². The van der Waals surface area contributed by atoms with E-state index in [1.807, 2.05) is 6.08 Å². The van der Waals surface area contributed by atoms with Crippen LogP contribution >= 0.6 is 0 Å². The zero-order valence-electron chi connectivity index (χ0n) is 9.17. The topological polar surface area (TPSA) is 29.1 Å². The van der Waals surface area contributed by atoms with Crippen molar-refractivity contribution in [2.45, 2.75) is 44.6 Å². The average Bonchev–Trinajstić information content (AvgIpc) is 2.66. The lowest BCUT2D eigenvalue weighted by molar-refractivity contribution is -0.121. The van der Waals surface area contributed by atoms with E-state index in [0.717, 1.165) is 25.7 Å². The highest BCUT2D eigenvalue weighted by molar-refractivity contribution is 5.76. The number of unbranched alkanes of at least 4 members (excludes halogenated alkanes) is 1. The van der Waals surface area contributed by atoms with E-state index < -0.39 is 0 Å². The van der Waals surface area contributed by atoms with E-state index >= 15 is 0 Å². The minimum atomic E-state index is 0.139. The van der Waals surface area contributed by atoms with E-state index in [2.05, 4.69) is 17.8 Å². The van der Waals surface area contributed by atoms with Gasteiger partial charge in [0.2, 0.25) is 5.91 Å². The van der Waals surface area contributed by atoms with E-state index in [9.17, 15) is 4.79 Å². The summed E-state index contributed by atoms with van der Waals surface area (Å²) in [5.41, 5.74) is 0. The molecule has 1 N–H and O–H groups in total. The summed E-state index contributed by atoms with van der Waals surface area (Å²) in [4.78, 5) is 11.5. The molecule has 1 aliphatic rings. The maximum Gasteiger partial charge on any atom is 0.220 e. The molecule has 82 valence electrons. The highest BCUT2D eigenvalue weighted by Crippen LogP contribution is 2.26. The standard InChI is InChI=1S/C13H19NO/c1-3-5-6-7-13(15)14-12-9-8-11(4-2)10-12/h1,4,11-12H,2,5-10H2,(H,14,15)/t11-,12+/m0/s1. The fourth-order valence-corrected chi connectivity index (χ4v) is 2.01. The molecule has 2 heteroatoms. The van der Waals surface area contributed by atoms with Gasteiger partial charge in [-0.3, -0.25) is 4.79 Å². The van der Waals surface area contributed by atoms with Crippen LogP contribution in [-0.4, -0.2) is 11.9 Å². The zero-order valence-corrected chi connectivity index (χ0v) is 9.17. The molecular formula is C13H19NO. The zero-order chi connectivity index (χ0) is 11.1. The molecule has 0 aromatic heterocycles. The number of amides is 1. The van der Waals surface area contributed by atoms with E-state index in [1.54, 1.807) is 0 Å². The van der Waals surface area contributed by atoms with E-state index in [1.165, 1.54) is 0 Å². The molecule has 15 heavy (non-hydrogen) atoms. The first-order chi connectivity index (χ1) is 7.26. The SMILES string of the molecule is C#CCCCC(=O)N[C@@H]1CC[C@H](C=C)C1. The van der Waals surface area contributed by atoms with Crippen molar-refractivity contribution in [3.63, 3.8) is 0 Å². The normalized spacial score (nSPS) is 24.5. The third kappa shape index (κ3) is 4.20. The number of hydrogen-bond acceptors (Lipinski definition) is 1. The second-order valence-electron chi connectivity index (χ2n) is 4.13. The Morgan fingerprint density at radius 2 is 2.40 bits per heavy atom. The van der Waals surface area contributed by atoms with Crippen LogP contribution in [-0.2, 0) is 4.79 Å². The number of carbonyl (C=O) groups is 1. The van der Waals surface area contributed by atoms with Gasteiger partial charge in [-0.25, -0.2) is 0 Å². The number of carbonyl (C=O) groups excluding carboxylic acids is 1. The summed E-state index contributed by atoms with van der Waals surface area (Å²) in [7, 11) is 0. The van der Waals surface area contributed by atoms with Crippen LogP contribution in [0.5, 0.6) is 0 Å². The van der Waals surface area contributed by atoms with Crippen molar-refractivity contribution >= 4 is 5.91 Å². The Kier molecular flexibility index (Phi) is 4.97. The number of hydrogen-bond donors (Lipinski definition) is 1. The van der Waals surface area contributed by atoms with Gasteiger partial charge in [-0.15, -0.1) is 18.9 Å². The summed E-state index contributed by atoms with van der Waals surface area (Å²) in [6.07, 6.45) is 12.4. The summed E-state index contributed by atoms with van der Waals surface area (Å²) >= 11 is 0. The number of terminal acetylenes is 1. The van der Waals surface area contributed by atoms with Crippen LogP contribution in [0.2, 0.25) is 0 Å². The van der Waals surface area contributed by atoms with Crippen molar-refractivity contribution in [2.24, 2.45) is 5.92 Å². The van der Waals surface area contributed by atoms with Crippen molar-refractivity contribution in [1.29, 1.82) is 0 Å². The van der Waals surface area contributed by atoms with E-state index in [4.69, 9.17) is 6.42 Å². The summed E-state index contributed by atoms with van der Waals surface area (Å²) in [5.74, 6) is 3.26. The molecule has 0 heterocycles. The van der Waals surface area contributed by atoms with Gasteiger partial charge in [-0.2, -0.15) is 0 Å². The molecule has 0 spiro atoms. The maximum absolute atomic E-state index is 11.5. The molecule has 2 atom stereocenters. The summed E-state index contributed by atoms with van der Waals surface area (Å²) in [6, 6.07) is 0.353. The van der Waals surface area contributed by atoms with Gasteiger partial charge in [0.25, 0.3) is 0 Å². The van der Waals surface area contributed by atoms with Gasteiger partial charge in [0, 0.05) is 18.9 Å². The monoisotopic (exact) mass is 205 g/mol. The molecule has 0 radical (unpaired) electrons. The molecule has 0 unspecified atom stereocenters. The van der Waals surface area contributed by atoms with Crippen LogP contribution in [0.25, 0.3) is 0 Å². The summed E-state index contributed by atoms with van der Waals surface area (Å²) in [6.45, 7) is 3.78. The third-order valence-electron chi connectivity index (χ3n) is 2.90. The molecule has 1 fully saturated rings. The smallest absolute Gasteiger partial charge is 0.220 e. The fourth-order valence-electron chi connectivity index (χ4n) is 2.01. The van der Waals surface area contributed by atoms with Crippen molar-refractivity contribution in [2.75, 3.05) is 0 Å². The fraction of sp³-hybridized carbons (Fsp3) is 0.615. The predicted octanol–water partition coefficient (Wildman–Crippen LogP) is 2.26. The number of rotatable bonds is 5. The first kappa shape index (κ1) is 11.8. The lowest BCUT2D eigenvalue weighted by Gasteiger charge is -2.11. The van der Waals surface area contributed by atoms with E-state index in [0.29, 0.717) is 24.8 Å². The lowest BCUT2D eigenvalue weighted by atomic mass is 10.1. The highest BCUT2D eigenvalue weighted by Gasteiger charge is 2.23. The van der Waals surface area contributed by atoms with Gasteiger partial charge in [-0.1, -0.05) is 6.08 Å². The first-order valence-electron chi connectivity index (χ1n) is 5.61. The van der Waals surface area contributed by atoms with Crippen LogP contribution < -0.4 is 5.32 Å². The minimum Gasteiger partial charge on any atom is -0.353 e. The van der Waals surface area contributed by atoms with Crippen LogP contribution in [0, 0.1) is 18.3 Å². The second kappa shape index (κ2) is 6.29. The van der Waals surface area contributed by atoms with Crippen molar-refractivity contribution < 1.29 is 4.79 Å². The van der Waals surface area contributed by atoms with Gasteiger partial charge < -0.3 is 5.32 Å². The molecule has 0 aromatic carbocycles. The molecule has 1 aliphatic carbocycles. The van der Waals surface area contributed by atoms with Crippen LogP contribution in [0.3, 0.4) is 0 Å². The molecular weight excluding hydrogens is 186 g/mol. The molecule has 1 amide bonds. The molecule has 0 bridgehead atoms. The Bertz CT molecular complexity index is 264. The quantitative estimate of drug-likeness (QED) is 0.416. The van der Waals surface area contributed by atoms with Gasteiger partial charge in [-0.05, 0) is 31.6 Å². The predicted molar refractivity (Wildman–Crippen MR) is 62.2 cm³/mol. The Morgan fingerprint density at radius 1 is 1.60 bits per heavy atom. The molecule has 0 aliphatic heterocycles. The molecule has 0 saturated heterocycles. The Balaban J connectivity index is 2.16. The average molecular weight is 205 g/mol. The van der Waals surface area contributed by atoms with Gasteiger partial charge >= 0.3 is 0 Å². The molecule has 0 aromatic rings. The maximum atomic E-state index is 11.5. The number of nitrogens with one attached hydrogen (secondary N) is 1. The van der Waals surface area contributed by atoms with Crippen LogP contribution in [0.15, 0.2) is 12.7 Å². The second-order valence-corrected chi connectivity index (χ2v) is 4.13. The first-order valence-corrected chi connectivity index (χ1v) is 5.61. The minimum absolute atomic E-state index is 0.139. The lowest BCUT2D eigenvalue weighted by Crippen LogP contribution is -2.32. The van der Waals surface area contributed by atoms with Gasteiger partial charge in [0.1, 0.15) is 0 Å². The van der Waals surface area contributed by atoms with Crippen LogP contribution in [0.1, 0.15) is 38.5 Å². The summed E-state index contributed by atoms with van der Waals surface area (Å²) < 4.78 is 0. The molecule has 1 saturated carbocycles. The highest BCUT2D eigenvalue weighted by atomic mass is 16.1. The summed E-state index contributed by atoms with van der Waals surface area (Å²) in [5, 5.41) is 3.05. The Labute approximate surface area is 92.1 Å². The molecule has 1 rings (SSSR count). The van der Waals surface area contributed by atoms with Gasteiger partial charge in [0.05, 0.1) is 0 Å². The van der Waals surface area contributed by atoms with E-state index in [-0.39, 0.29) is 5.91 Å². The van der Waals surface area contributed by atoms with Crippen molar-refractivity contribution in [3.8, 4) is 12.3 Å². The largest absolute Gasteiger partial charge is 0.353 e. The van der Waals surface area contributed by atoms with Crippen molar-refractivity contribution in [3.05, 3.63) is 12.7 Å².